The van der Waals surface area contributed by atoms with Gasteiger partial charge < -0.3 is 25.4 Å². The molecule has 39 heavy (non-hydrogen) atoms. The number of para-hydroxylation sites is 1. The summed E-state index contributed by atoms with van der Waals surface area (Å²) in [7, 11) is 3.12. The molecule has 1 unspecified atom stereocenters. The monoisotopic (exact) mass is 543 g/mol. The summed E-state index contributed by atoms with van der Waals surface area (Å²) >= 11 is 6.02. The van der Waals surface area contributed by atoms with Crippen LogP contribution in [0.4, 0.5) is 17.2 Å². The van der Waals surface area contributed by atoms with Gasteiger partial charge in [0.1, 0.15) is 28.9 Å². The Bertz CT molecular complexity index is 1560. The van der Waals surface area contributed by atoms with Gasteiger partial charge in [0, 0.05) is 27.7 Å². The standard InChI is InChI=1S/C29H26ClN5O4/c1-17-25(29(37)34-20-11-9-18(30)10-12-20)26(22-15-21(38-2)13-14-24(22)39-3)35-27(32-17)23(16-31-35)28(36)33-19-7-5-4-6-8-19/h4-16,26,32H,1-3H3,(H,33,36)(H,34,37). The summed E-state index contributed by atoms with van der Waals surface area (Å²) in [5.41, 5.74) is 3.13. The van der Waals surface area contributed by atoms with Gasteiger partial charge in [-0.1, -0.05) is 29.8 Å². The molecule has 0 spiro atoms. The van der Waals surface area contributed by atoms with Crippen LogP contribution in [0.2, 0.25) is 5.02 Å². The van der Waals surface area contributed by atoms with Crippen LogP contribution in [0.1, 0.15) is 28.9 Å². The average Bonchev–Trinajstić information content (AvgIpc) is 3.37. The molecule has 1 aliphatic rings. The Morgan fingerprint density at radius 1 is 0.923 bits per heavy atom. The highest BCUT2D eigenvalue weighted by Crippen LogP contribution is 2.42. The maximum atomic E-state index is 13.8. The topological polar surface area (TPSA) is 107 Å². The van der Waals surface area contributed by atoms with Gasteiger partial charge in [0.2, 0.25) is 0 Å². The first-order valence-electron chi connectivity index (χ1n) is 12.1. The highest BCUT2D eigenvalue weighted by atomic mass is 35.5. The first kappa shape index (κ1) is 25.9. The van der Waals surface area contributed by atoms with E-state index >= 15 is 0 Å². The molecule has 1 atom stereocenters. The SMILES string of the molecule is COc1ccc(OC)c(C2C(C(=O)Nc3ccc(Cl)cc3)=C(C)Nc3c(C(=O)Nc4ccccc4)cnn32)c1. The molecule has 3 N–H and O–H groups in total. The van der Waals surface area contributed by atoms with E-state index in [0.29, 0.717) is 56.1 Å². The molecular formula is C29H26ClN5O4. The lowest BCUT2D eigenvalue weighted by molar-refractivity contribution is -0.113. The van der Waals surface area contributed by atoms with E-state index in [1.807, 2.05) is 18.2 Å². The third-order valence-electron chi connectivity index (χ3n) is 6.38. The van der Waals surface area contributed by atoms with E-state index in [-0.39, 0.29) is 11.8 Å². The average molecular weight is 544 g/mol. The van der Waals surface area contributed by atoms with Crippen molar-refractivity contribution in [3.8, 4) is 11.5 Å². The summed E-state index contributed by atoms with van der Waals surface area (Å²) in [5, 5.41) is 14.2. The number of amides is 2. The van der Waals surface area contributed by atoms with Gasteiger partial charge in [-0.2, -0.15) is 5.10 Å². The molecule has 2 amide bonds. The first-order chi connectivity index (χ1) is 18.9. The van der Waals surface area contributed by atoms with Crippen LogP contribution in [-0.2, 0) is 4.79 Å². The highest BCUT2D eigenvalue weighted by molar-refractivity contribution is 6.30. The Balaban J connectivity index is 1.60. The third-order valence-corrected chi connectivity index (χ3v) is 6.63. The molecule has 0 fully saturated rings. The summed E-state index contributed by atoms with van der Waals surface area (Å²) in [6, 6.07) is 20.6. The summed E-state index contributed by atoms with van der Waals surface area (Å²) in [5.74, 6) is 0.861. The molecule has 2 heterocycles. The number of anilines is 3. The van der Waals surface area contributed by atoms with Crippen LogP contribution in [0.3, 0.4) is 0 Å². The summed E-state index contributed by atoms with van der Waals surface area (Å²) in [4.78, 5) is 27.0. The molecule has 0 aliphatic carbocycles. The number of hydrogen-bond acceptors (Lipinski definition) is 6. The highest BCUT2D eigenvalue weighted by Gasteiger charge is 2.37. The van der Waals surface area contributed by atoms with Gasteiger partial charge in [0.15, 0.2) is 0 Å². The van der Waals surface area contributed by atoms with Crippen molar-refractivity contribution in [1.29, 1.82) is 0 Å². The van der Waals surface area contributed by atoms with Crippen LogP contribution in [0.5, 0.6) is 11.5 Å². The number of ether oxygens (including phenoxy) is 2. The lowest BCUT2D eigenvalue weighted by Gasteiger charge is -2.31. The van der Waals surface area contributed by atoms with Gasteiger partial charge in [-0.25, -0.2) is 4.68 Å². The minimum absolute atomic E-state index is 0.322. The van der Waals surface area contributed by atoms with Crippen molar-refractivity contribution < 1.29 is 19.1 Å². The Morgan fingerprint density at radius 2 is 1.62 bits per heavy atom. The fraction of sp³-hybridized carbons (Fsp3) is 0.138. The van der Waals surface area contributed by atoms with Crippen molar-refractivity contribution in [3.63, 3.8) is 0 Å². The molecular weight excluding hydrogens is 518 g/mol. The number of methoxy groups -OCH3 is 2. The van der Waals surface area contributed by atoms with Gasteiger partial charge in [0.05, 0.1) is 26.0 Å². The Hall–Kier alpha value is -4.76. The van der Waals surface area contributed by atoms with Crippen LogP contribution in [0, 0.1) is 0 Å². The molecule has 0 bridgehead atoms. The Morgan fingerprint density at radius 3 is 2.31 bits per heavy atom. The van der Waals surface area contributed by atoms with E-state index in [4.69, 9.17) is 21.1 Å². The number of rotatable bonds is 7. The zero-order chi connectivity index (χ0) is 27.5. The molecule has 10 heteroatoms. The van der Waals surface area contributed by atoms with Crippen molar-refractivity contribution in [2.24, 2.45) is 0 Å². The molecule has 1 aromatic heterocycles. The van der Waals surface area contributed by atoms with E-state index in [2.05, 4.69) is 21.0 Å². The Labute approximate surface area is 230 Å². The molecule has 5 rings (SSSR count). The molecule has 0 radical (unpaired) electrons. The van der Waals surface area contributed by atoms with E-state index in [0.717, 1.165) is 0 Å². The fourth-order valence-electron chi connectivity index (χ4n) is 4.51. The first-order valence-corrected chi connectivity index (χ1v) is 12.5. The van der Waals surface area contributed by atoms with Crippen molar-refractivity contribution in [1.82, 2.24) is 9.78 Å². The maximum Gasteiger partial charge on any atom is 0.261 e. The van der Waals surface area contributed by atoms with Gasteiger partial charge in [0.25, 0.3) is 11.8 Å². The maximum absolute atomic E-state index is 13.8. The Kier molecular flexibility index (Phi) is 7.25. The number of nitrogens with one attached hydrogen (secondary N) is 3. The van der Waals surface area contributed by atoms with Gasteiger partial charge in [-0.15, -0.1) is 0 Å². The predicted octanol–water partition coefficient (Wildman–Crippen LogP) is 5.73. The number of halogens is 1. The quantitative estimate of drug-likeness (QED) is 0.275. The number of allylic oxidation sites excluding steroid dienone is 1. The van der Waals surface area contributed by atoms with E-state index in [9.17, 15) is 9.59 Å². The normalized spacial score (nSPS) is 14.2. The molecule has 9 nitrogen and oxygen atoms in total. The third kappa shape index (κ3) is 5.17. The van der Waals surface area contributed by atoms with Crippen LogP contribution < -0.4 is 25.4 Å². The minimum atomic E-state index is -0.739. The van der Waals surface area contributed by atoms with Gasteiger partial charge in [-0.05, 0) is 61.5 Å². The second-order valence-electron chi connectivity index (χ2n) is 8.81. The van der Waals surface area contributed by atoms with Crippen molar-refractivity contribution >= 4 is 40.6 Å². The number of nitrogens with zero attached hydrogens (tertiary/aromatic N) is 2. The van der Waals surface area contributed by atoms with Crippen LogP contribution in [0.15, 0.2) is 90.3 Å². The van der Waals surface area contributed by atoms with Crippen molar-refractivity contribution in [3.05, 3.63) is 106 Å². The predicted molar refractivity (Wildman–Crippen MR) is 151 cm³/mol. The van der Waals surface area contributed by atoms with Crippen molar-refractivity contribution in [2.45, 2.75) is 13.0 Å². The number of hydrogen-bond donors (Lipinski definition) is 3. The van der Waals surface area contributed by atoms with Crippen LogP contribution in [0.25, 0.3) is 0 Å². The lowest BCUT2D eigenvalue weighted by Crippen LogP contribution is -2.32. The lowest BCUT2D eigenvalue weighted by atomic mass is 9.93. The number of carbonyl (C=O) groups excluding carboxylic acids is 2. The molecule has 0 saturated carbocycles. The van der Waals surface area contributed by atoms with Crippen LogP contribution >= 0.6 is 11.6 Å². The smallest absolute Gasteiger partial charge is 0.261 e. The molecule has 198 valence electrons. The minimum Gasteiger partial charge on any atom is -0.497 e. The van der Waals surface area contributed by atoms with E-state index in [1.165, 1.54) is 6.20 Å². The molecule has 4 aromatic rings. The number of carbonyl (C=O) groups is 2. The molecule has 1 aliphatic heterocycles. The van der Waals surface area contributed by atoms with E-state index in [1.54, 1.807) is 80.4 Å². The zero-order valence-corrected chi connectivity index (χ0v) is 22.2. The van der Waals surface area contributed by atoms with Gasteiger partial charge >= 0.3 is 0 Å². The second kappa shape index (κ2) is 10.9. The fourth-order valence-corrected chi connectivity index (χ4v) is 4.63. The van der Waals surface area contributed by atoms with Gasteiger partial charge in [-0.3, -0.25) is 9.59 Å². The summed E-state index contributed by atoms with van der Waals surface area (Å²) in [6.07, 6.45) is 1.48. The zero-order valence-electron chi connectivity index (χ0n) is 21.5. The molecule has 0 saturated heterocycles. The number of aromatic nitrogens is 2. The summed E-state index contributed by atoms with van der Waals surface area (Å²) < 4.78 is 12.8. The second-order valence-corrected chi connectivity index (χ2v) is 9.24. The summed E-state index contributed by atoms with van der Waals surface area (Å²) in [6.45, 7) is 1.78. The van der Waals surface area contributed by atoms with Crippen LogP contribution in [-0.4, -0.2) is 35.8 Å². The number of fused-ring (bicyclic) bond motifs is 1. The molecule has 3 aromatic carbocycles. The number of benzene rings is 3. The van der Waals surface area contributed by atoms with E-state index < -0.39 is 6.04 Å². The largest absolute Gasteiger partial charge is 0.497 e. The van der Waals surface area contributed by atoms with Crippen molar-refractivity contribution in [2.75, 3.05) is 30.2 Å².